The maximum atomic E-state index is 13.1. The second kappa shape index (κ2) is 14.0. The van der Waals surface area contributed by atoms with Crippen LogP contribution in [0.3, 0.4) is 0 Å². The van der Waals surface area contributed by atoms with E-state index in [-0.39, 0.29) is 29.3 Å². The molecule has 268 valence electrons. The second-order valence-electron chi connectivity index (χ2n) is 16.0. The van der Waals surface area contributed by atoms with E-state index in [4.69, 9.17) is 9.84 Å². The number of hydrogen-bond donors (Lipinski definition) is 1. The van der Waals surface area contributed by atoms with Gasteiger partial charge in [-0.25, -0.2) is 14.6 Å². The third-order valence-corrected chi connectivity index (χ3v) is 12.4. The molecule has 1 aliphatic heterocycles. The number of likely N-dealkylation sites (tertiary alicyclic amines) is 1. The predicted octanol–water partition coefficient (Wildman–Crippen LogP) is 7.89. The van der Waals surface area contributed by atoms with E-state index in [0.717, 1.165) is 73.4 Å². The fourth-order valence-corrected chi connectivity index (χ4v) is 10.2. The minimum absolute atomic E-state index is 0.0607. The van der Waals surface area contributed by atoms with Crippen LogP contribution in [-0.2, 0) is 4.79 Å². The summed E-state index contributed by atoms with van der Waals surface area (Å²) in [4.78, 5) is 36.3. The summed E-state index contributed by atoms with van der Waals surface area (Å²) in [6, 6.07) is 14.1. The van der Waals surface area contributed by atoms with E-state index < -0.39 is 4.92 Å². The fraction of sp³-hybridized carbons (Fsp3) is 0.550. The molecule has 11 nitrogen and oxygen atoms in total. The van der Waals surface area contributed by atoms with E-state index in [2.05, 4.69) is 27.1 Å². The SMILES string of the molecule is Cc1ncnc2c1c(-c1ccc(Oc3ccccc3)c([N+](=O)[O-])c1)nn2C1CCN(CCNC(=O)[C@H](C)CCC23CC4CC(CC(C4)C2)C3)CC1. The van der Waals surface area contributed by atoms with E-state index in [9.17, 15) is 14.9 Å². The van der Waals surface area contributed by atoms with Crippen LogP contribution in [0.1, 0.15) is 82.9 Å². The molecule has 11 heteroatoms. The van der Waals surface area contributed by atoms with Gasteiger partial charge in [-0.05, 0) is 119 Å². The van der Waals surface area contributed by atoms with Crippen LogP contribution in [0.5, 0.6) is 11.5 Å². The lowest BCUT2D eigenvalue weighted by Crippen LogP contribution is -2.46. The van der Waals surface area contributed by atoms with Crippen molar-refractivity contribution >= 4 is 22.6 Å². The van der Waals surface area contributed by atoms with Crippen LogP contribution in [0.25, 0.3) is 22.3 Å². The van der Waals surface area contributed by atoms with E-state index in [1.54, 1.807) is 24.5 Å². The van der Waals surface area contributed by atoms with Crippen molar-refractivity contribution in [3.05, 3.63) is 70.7 Å². The first kappa shape index (κ1) is 33.7. The van der Waals surface area contributed by atoms with Gasteiger partial charge in [-0.2, -0.15) is 5.10 Å². The van der Waals surface area contributed by atoms with Crippen molar-refractivity contribution in [1.29, 1.82) is 0 Å². The molecule has 0 spiro atoms. The number of nitro benzene ring substituents is 1. The van der Waals surface area contributed by atoms with Gasteiger partial charge in [0.2, 0.25) is 11.7 Å². The van der Waals surface area contributed by atoms with Crippen molar-refractivity contribution in [3.8, 4) is 22.8 Å². The quantitative estimate of drug-likeness (QED) is 0.117. The zero-order chi connectivity index (χ0) is 35.1. The maximum absolute atomic E-state index is 13.1. The van der Waals surface area contributed by atoms with Crippen molar-refractivity contribution < 1.29 is 14.5 Å². The molecule has 4 saturated carbocycles. The Labute approximate surface area is 299 Å². The summed E-state index contributed by atoms with van der Waals surface area (Å²) < 4.78 is 7.86. The molecule has 4 bridgehead atoms. The normalized spacial score (nSPS) is 25.3. The van der Waals surface area contributed by atoms with Gasteiger partial charge in [0, 0.05) is 43.7 Å². The van der Waals surface area contributed by atoms with Crippen LogP contribution in [0.2, 0.25) is 0 Å². The number of fused-ring (bicyclic) bond motifs is 1. The third-order valence-electron chi connectivity index (χ3n) is 12.4. The number of aryl methyl sites for hydroxylation is 1. The van der Waals surface area contributed by atoms with Gasteiger partial charge in [0.1, 0.15) is 17.8 Å². The first-order valence-corrected chi connectivity index (χ1v) is 19.0. The number of para-hydroxylation sites is 1. The molecule has 9 rings (SSSR count). The van der Waals surface area contributed by atoms with Gasteiger partial charge in [0.25, 0.3) is 0 Å². The molecule has 1 N–H and O–H groups in total. The summed E-state index contributed by atoms with van der Waals surface area (Å²) >= 11 is 0. The van der Waals surface area contributed by atoms with Crippen molar-refractivity contribution in [1.82, 2.24) is 30.0 Å². The van der Waals surface area contributed by atoms with Crippen LogP contribution in [-0.4, -0.2) is 61.7 Å². The molecule has 1 atom stereocenters. The van der Waals surface area contributed by atoms with Crippen molar-refractivity contribution in [2.45, 2.75) is 84.1 Å². The number of aromatic nitrogens is 4. The molecule has 0 unspecified atom stereocenters. The first-order valence-electron chi connectivity index (χ1n) is 19.0. The summed E-state index contributed by atoms with van der Waals surface area (Å²) in [5, 5.41) is 21.2. The smallest absolute Gasteiger partial charge is 0.312 e. The van der Waals surface area contributed by atoms with E-state index in [1.807, 2.05) is 35.9 Å². The Balaban J connectivity index is 0.879. The standard InChI is InChI=1S/C40H49N7O4/c1-26(10-13-40-22-28-18-29(23-40)20-30(19-28)24-40)39(48)41-14-17-45-15-11-32(12-16-45)46-38-36(27(2)42-25-43-38)37(44-46)31-8-9-35(34(21-31)47(49)50)51-33-6-4-3-5-7-33/h3-9,21,25-26,28-30,32H,10-20,22-24H2,1-2H3,(H,41,48)/t26-,28?,29?,30?,40?/m1/s1. The zero-order valence-electron chi connectivity index (χ0n) is 29.8. The highest BCUT2D eigenvalue weighted by atomic mass is 16.6. The monoisotopic (exact) mass is 691 g/mol. The molecule has 1 amide bonds. The Hall–Kier alpha value is -4.38. The number of carbonyl (C=O) groups excluding carboxylic acids is 1. The summed E-state index contributed by atoms with van der Waals surface area (Å²) in [7, 11) is 0. The van der Waals surface area contributed by atoms with E-state index in [1.165, 1.54) is 51.0 Å². The van der Waals surface area contributed by atoms with Crippen LogP contribution in [0, 0.1) is 46.1 Å². The highest BCUT2D eigenvalue weighted by Crippen LogP contribution is 2.61. The largest absolute Gasteiger partial charge is 0.450 e. The van der Waals surface area contributed by atoms with Gasteiger partial charge in [-0.1, -0.05) is 25.1 Å². The van der Waals surface area contributed by atoms with Crippen molar-refractivity contribution in [3.63, 3.8) is 0 Å². The predicted molar refractivity (Wildman–Crippen MR) is 195 cm³/mol. The number of nitrogens with one attached hydrogen (secondary N) is 1. The Bertz CT molecular complexity index is 1870. The molecule has 1 saturated heterocycles. The highest BCUT2D eigenvalue weighted by Gasteiger charge is 2.50. The third kappa shape index (κ3) is 6.97. The number of benzene rings is 2. The number of piperidine rings is 1. The molecule has 2 aromatic heterocycles. The molecule has 5 fully saturated rings. The van der Waals surface area contributed by atoms with Gasteiger partial charge in [0.05, 0.1) is 22.0 Å². The van der Waals surface area contributed by atoms with Gasteiger partial charge < -0.3 is 15.0 Å². The van der Waals surface area contributed by atoms with Crippen molar-refractivity contribution in [2.75, 3.05) is 26.2 Å². The lowest BCUT2D eigenvalue weighted by atomic mass is 9.48. The second-order valence-corrected chi connectivity index (χ2v) is 16.0. The Morgan fingerprint density at radius 3 is 2.43 bits per heavy atom. The molecule has 51 heavy (non-hydrogen) atoms. The average molecular weight is 692 g/mol. The molecule has 3 heterocycles. The lowest BCUT2D eigenvalue weighted by Gasteiger charge is -2.57. The topological polar surface area (TPSA) is 128 Å². The first-order chi connectivity index (χ1) is 24.7. The zero-order valence-corrected chi connectivity index (χ0v) is 29.8. The van der Waals surface area contributed by atoms with Gasteiger partial charge in [0.15, 0.2) is 5.65 Å². The summed E-state index contributed by atoms with van der Waals surface area (Å²) in [6.07, 6.45) is 14.2. The van der Waals surface area contributed by atoms with E-state index in [0.29, 0.717) is 29.0 Å². The van der Waals surface area contributed by atoms with Crippen molar-refractivity contribution in [2.24, 2.45) is 29.1 Å². The fourth-order valence-electron chi connectivity index (χ4n) is 10.2. The Kier molecular flexibility index (Phi) is 9.25. The van der Waals surface area contributed by atoms with Gasteiger partial charge >= 0.3 is 5.69 Å². The molecular formula is C40H49N7O4. The summed E-state index contributed by atoms with van der Waals surface area (Å²) in [5.41, 5.74) is 3.14. The van der Waals surface area contributed by atoms with Crippen LogP contribution in [0.4, 0.5) is 5.69 Å². The Morgan fingerprint density at radius 2 is 1.75 bits per heavy atom. The molecule has 4 aliphatic carbocycles. The Morgan fingerprint density at radius 1 is 1.04 bits per heavy atom. The van der Waals surface area contributed by atoms with Crippen LogP contribution < -0.4 is 10.1 Å². The number of rotatable bonds is 12. The average Bonchev–Trinajstić information content (AvgIpc) is 3.52. The number of carbonyl (C=O) groups is 1. The minimum Gasteiger partial charge on any atom is -0.450 e. The summed E-state index contributed by atoms with van der Waals surface area (Å²) in [5.74, 6) is 3.82. The molecule has 0 radical (unpaired) electrons. The van der Waals surface area contributed by atoms with Gasteiger partial charge in [-0.15, -0.1) is 0 Å². The molecular weight excluding hydrogens is 642 g/mol. The van der Waals surface area contributed by atoms with Gasteiger partial charge in [-0.3, -0.25) is 14.9 Å². The van der Waals surface area contributed by atoms with Crippen LogP contribution >= 0.6 is 0 Å². The number of ether oxygens (including phenoxy) is 1. The maximum Gasteiger partial charge on any atom is 0.312 e. The number of amides is 1. The molecule has 4 aromatic rings. The minimum atomic E-state index is -0.424. The number of hydrogen-bond acceptors (Lipinski definition) is 8. The lowest BCUT2D eigenvalue weighted by molar-refractivity contribution is -0.385. The van der Waals surface area contributed by atoms with Crippen LogP contribution in [0.15, 0.2) is 54.9 Å². The number of nitro groups is 1. The van der Waals surface area contributed by atoms with E-state index >= 15 is 0 Å². The molecule has 2 aromatic carbocycles. The molecule has 5 aliphatic rings. The highest BCUT2D eigenvalue weighted by molar-refractivity contribution is 5.93. The number of nitrogens with zero attached hydrogens (tertiary/aromatic N) is 6. The summed E-state index contributed by atoms with van der Waals surface area (Å²) in [6.45, 7) is 7.30.